The van der Waals surface area contributed by atoms with E-state index in [4.69, 9.17) is 10.8 Å². The average Bonchev–Trinajstić information content (AvgIpc) is 2.42. The summed E-state index contributed by atoms with van der Waals surface area (Å²) < 4.78 is 13.6. The Kier molecular flexibility index (Phi) is 5.65. The lowest BCUT2D eigenvalue weighted by atomic mass is 10.1. The largest absolute Gasteiger partial charge is 0.480 e. The highest BCUT2D eigenvalue weighted by molar-refractivity contribution is 5.94. The van der Waals surface area contributed by atoms with Crippen LogP contribution >= 0.6 is 0 Å². The van der Waals surface area contributed by atoms with E-state index in [2.05, 4.69) is 5.32 Å². The van der Waals surface area contributed by atoms with E-state index < -0.39 is 29.8 Å². The Balaban J connectivity index is 2.75. The lowest BCUT2D eigenvalue weighted by Crippen LogP contribution is -2.47. The number of primary amides is 1. The zero-order valence-electron chi connectivity index (χ0n) is 11.4. The first kappa shape index (κ1) is 16.4. The van der Waals surface area contributed by atoms with E-state index in [1.807, 2.05) is 0 Å². The van der Waals surface area contributed by atoms with E-state index in [1.165, 1.54) is 25.2 Å². The minimum absolute atomic E-state index is 0.00837. The smallest absolute Gasteiger partial charge is 0.326 e. The minimum Gasteiger partial charge on any atom is -0.480 e. The van der Waals surface area contributed by atoms with Crippen LogP contribution in [0, 0.1) is 5.82 Å². The fourth-order valence-electron chi connectivity index (χ4n) is 1.62. The molecule has 0 aliphatic rings. The number of hydrogen-bond acceptors (Lipinski definition) is 3. The number of carbonyl (C=O) groups is 3. The number of hydrogen-bond donors (Lipinski definition) is 3. The molecule has 8 heteroatoms. The molecule has 21 heavy (non-hydrogen) atoms. The van der Waals surface area contributed by atoms with Crippen molar-refractivity contribution in [3.8, 4) is 0 Å². The molecule has 0 aliphatic carbocycles. The number of carboxylic acid groups (broad SMARTS) is 1. The molecule has 1 aromatic rings. The standard InChI is InChI=1S/C13H16FN3O4/c1-17(10-5-3-2-4-8(10)14)13(21)16-9(12(19)20)6-7-11(15)18/h2-5,9H,6-7H2,1H3,(H2,15,18)(H,16,21)(H,19,20). The first-order chi connectivity index (χ1) is 9.82. The summed E-state index contributed by atoms with van der Waals surface area (Å²) in [5, 5.41) is 11.2. The summed E-state index contributed by atoms with van der Waals surface area (Å²) in [6.07, 6.45) is -0.317. The number of nitrogens with two attached hydrogens (primary N) is 1. The van der Waals surface area contributed by atoms with Crippen LogP contribution in [0.5, 0.6) is 0 Å². The van der Waals surface area contributed by atoms with Gasteiger partial charge in [-0.15, -0.1) is 0 Å². The summed E-state index contributed by atoms with van der Waals surface area (Å²) in [5.41, 5.74) is 4.95. The highest BCUT2D eigenvalue weighted by Crippen LogP contribution is 2.17. The maximum absolute atomic E-state index is 13.6. The highest BCUT2D eigenvalue weighted by Gasteiger charge is 2.23. The van der Waals surface area contributed by atoms with E-state index in [1.54, 1.807) is 6.07 Å². The molecule has 0 aromatic heterocycles. The molecule has 1 atom stereocenters. The van der Waals surface area contributed by atoms with Gasteiger partial charge in [-0.2, -0.15) is 0 Å². The molecule has 0 fully saturated rings. The monoisotopic (exact) mass is 297 g/mol. The van der Waals surface area contributed by atoms with Gasteiger partial charge in [0, 0.05) is 13.5 Å². The number of carbonyl (C=O) groups excluding carboxylic acids is 2. The van der Waals surface area contributed by atoms with Gasteiger partial charge in [-0.25, -0.2) is 14.0 Å². The molecule has 3 amide bonds. The van der Waals surface area contributed by atoms with Crippen molar-refractivity contribution in [2.75, 3.05) is 11.9 Å². The van der Waals surface area contributed by atoms with Gasteiger partial charge in [-0.1, -0.05) is 12.1 Å². The molecule has 1 unspecified atom stereocenters. The van der Waals surface area contributed by atoms with E-state index >= 15 is 0 Å². The number of carboxylic acids is 1. The van der Waals surface area contributed by atoms with Crippen molar-refractivity contribution in [2.24, 2.45) is 5.73 Å². The van der Waals surface area contributed by atoms with Crippen LogP contribution in [0.1, 0.15) is 12.8 Å². The van der Waals surface area contributed by atoms with Crippen molar-refractivity contribution >= 4 is 23.6 Å². The Morgan fingerprint density at radius 3 is 2.52 bits per heavy atom. The van der Waals surface area contributed by atoms with Gasteiger partial charge in [-0.05, 0) is 18.6 Å². The van der Waals surface area contributed by atoms with Crippen molar-refractivity contribution in [1.29, 1.82) is 0 Å². The third-order valence-corrected chi connectivity index (χ3v) is 2.79. The van der Waals surface area contributed by atoms with Crippen LogP contribution in [0.15, 0.2) is 24.3 Å². The number of anilines is 1. The van der Waals surface area contributed by atoms with E-state index in [0.717, 1.165) is 4.90 Å². The van der Waals surface area contributed by atoms with Crippen molar-refractivity contribution in [3.05, 3.63) is 30.1 Å². The lowest BCUT2D eigenvalue weighted by Gasteiger charge is -2.21. The molecule has 4 N–H and O–H groups in total. The number of aliphatic carboxylic acids is 1. The number of nitrogens with zero attached hydrogens (tertiary/aromatic N) is 1. The summed E-state index contributed by atoms with van der Waals surface area (Å²) >= 11 is 0. The third-order valence-electron chi connectivity index (χ3n) is 2.79. The summed E-state index contributed by atoms with van der Waals surface area (Å²) in [5.74, 6) is -2.58. The quantitative estimate of drug-likeness (QED) is 0.717. The molecule has 0 radical (unpaired) electrons. The van der Waals surface area contributed by atoms with Crippen LogP contribution in [0.2, 0.25) is 0 Å². The minimum atomic E-state index is -1.30. The number of benzene rings is 1. The maximum atomic E-state index is 13.6. The predicted molar refractivity (Wildman–Crippen MR) is 73.2 cm³/mol. The molecule has 0 heterocycles. The number of urea groups is 1. The second-order valence-electron chi connectivity index (χ2n) is 4.36. The molecule has 7 nitrogen and oxygen atoms in total. The van der Waals surface area contributed by atoms with Crippen LogP contribution in [0.4, 0.5) is 14.9 Å². The SMILES string of the molecule is CN(C(=O)NC(CCC(N)=O)C(=O)O)c1ccccc1F. The number of para-hydroxylation sites is 1. The summed E-state index contributed by atoms with van der Waals surface area (Å²) in [7, 11) is 1.31. The van der Waals surface area contributed by atoms with Crippen molar-refractivity contribution in [1.82, 2.24) is 5.32 Å². The lowest BCUT2D eigenvalue weighted by molar-refractivity contribution is -0.139. The van der Waals surface area contributed by atoms with E-state index in [-0.39, 0.29) is 18.5 Å². The third kappa shape index (κ3) is 4.75. The second-order valence-corrected chi connectivity index (χ2v) is 4.36. The van der Waals surface area contributed by atoms with Gasteiger partial charge in [-0.3, -0.25) is 9.69 Å². The van der Waals surface area contributed by atoms with Gasteiger partial charge >= 0.3 is 12.0 Å². The molecule has 0 aliphatic heterocycles. The molecule has 0 spiro atoms. The number of halogens is 1. The average molecular weight is 297 g/mol. The van der Waals surface area contributed by atoms with Crippen molar-refractivity contribution < 1.29 is 23.9 Å². The maximum Gasteiger partial charge on any atom is 0.326 e. The van der Waals surface area contributed by atoms with Crippen molar-refractivity contribution in [2.45, 2.75) is 18.9 Å². The Bertz CT molecular complexity index is 550. The van der Waals surface area contributed by atoms with E-state index in [0.29, 0.717) is 0 Å². The zero-order valence-corrected chi connectivity index (χ0v) is 11.4. The second kappa shape index (κ2) is 7.22. The van der Waals surface area contributed by atoms with Crippen LogP contribution < -0.4 is 16.0 Å². The Hall–Kier alpha value is -2.64. The fraction of sp³-hybridized carbons (Fsp3) is 0.308. The molecule has 114 valence electrons. The Labute approximate surface area is 120 Å². The molecule has 0 saturated carbocycles. The number of nitrogens with one attached hydrogen (secondary N) is 1. The van der Waals surface area contributed by atoms with Crippen LogP contribution in [0.3, 0.4) is 0 Å². The first-order valence-electron chi connectivity index (χ1n) is 6.12. The molecular weight excluding hydrogens is 281 g/mol. The number of amides is 3. The predicted octanol–water partition coefficient (Wildman–Crippen LogP) is 0.690. The fourth-order valence-corrected chi connectivity index (χ4v) is 1.62. The van der Waals surface area contributed by atoms with Gasteiger partial charge < -0.3 is 16.2 Å². The summed E-state index contributed by atoms with van der Waals surface area (Å²) in [4.78, 5) is 34.6. The van der Waals surface area contributed by atoms with Gasteiger partial charge in [0.25, 0.3) is 0 Å². The van der Waals surface area contributed by atoms with Crippen molar-refractivity contribution in [3.63, 3.8) is 0 Å². The van der Waals surface area contributed by atoms with Gasteiger partial charge in [0.2, 0.25) is 5.91 Å². The Morgan fingerprint density at radius 2 is 2.00 bits per heavy atom. The molecule has 1 rings (SSSR count). The van der Waals surface area contributed by atoms with Crippen LogP contribution in [0.25, 0.3) is 0 Å². The first-order valence-corrected chi connectivity index (χ1v) is 6.12. The topological polar surface area (TPSA) is 113 Å². The van der Waals surface area contributed by atoms with Gasteiger partial charge in [0.15, 0.2) is 0 Å². The molecule has 1 aromatic carbocycles. The molecule has 0 bridgehead atoms. The zero-order chi connectivity index (χ0) is 16.0. The normalized spacial score (nSPS) is 11.5. The molecular formula is C13H16FN3O4. The summed E-state index contributed by atoms with van der Waals surface area (Å²) in [6, 6.07) is 3.51. The Morgan fingerprint density at radius 1 is 1.38 bits per heavy atom. The summed E-state index contributed by atoms with van der Waals surface area (Å²) in [6.45, 7) is 0. The van der Waals surface area contributed by atoms with Crippen LogP contribution in [-0.4, -0.2) is 36.1 Å². The highest BCUT2D eigenvalue weighted by atomic mass is 19.1. The number of rotatable bonds is 6. The van der Waals surface area contributed by atoms with E-state index in [9.17, 15) is 18.8 Å². The van der Waals surface area contributed by atoms with Gasteiger partial charge in [0.05, 0.1) is 5.69 Å². The van der Waals surface area contributed by atoms with Crippen LogP contribution in [-0.2, 0) is 9.59 Å². The molecule has 0 saturated heterocycles. The van der Waals surface area contributed by atoms with Gasteiger partial charge in [0.1, 0.15) is 11.9 Å².